The number of hydrogen-bond donors (Lipinski definition) is 2. The predicted octanol–water partition coefficient (Wildman–Crippen LogP) is 3.55. The maximum absolute atomic E-state index is 12.3. The lowest BCUT2D eigenvalue weighted by Crippen LogP contribution is -2.43. The number of carbonyl (C=O) groups is 2. The van der Waals surface area contributed by atoms with Gasteiger partial charge >= 0.3 is 0 Å². The molecule has 144 valence electrons. The smallest absolute Gasteiger partial charge is 0.238 e. The zero-order valence-corrected chi connectivity index (χ0v) is 16.2. The van der Waals surface area contributed by atoms with Crippen LogP contribution in [-0.2, 0) is 16.1 Å². The first-order valence-electron chi connectivity index (χ1n) is 8.78. The number of halogens is 2. The van der Waals surface area contributed by atoms with Crippen molar-refractivity contribution in [1.82, 2.24) is 10.2 Å². The van der Waals surface area contributed by atoms with Gasteiger partial charge in [-0.2, -0.15) is 0 Å². The number of nitrogens with one attached hydrogen (secondary N) is 2. The molecule has 6 nitrogen and oxygen atoms in total. The van der Waals surface area contributed by atoms with E-state index in [0.717, 1.165) is 18.6 Å². The van der Waals surface area contributed by atoms with Gasteiger partial charge in [0.05, 0.1) is 30.1 Å². The third-order valence-electron chi connectivity index (χ3n) is 4.55. The Labute approximate surface area is 167 Å². The normalized spacial score (nSPS) is 15.5. The van der Waals surface area contributed by atoms with Gasteiger partial charge in [-0.25, -0.2) is 0 Å². The van der Waals surface area contributed by atoms with Crippen molar-refractivity contribution >= 4 is 40.7 Å². The first-order chi connectivity index (χ1) is 13.0. The van der Waals surface area contributed by atoms with E-state index in [-0.39, 0.29) is 24.3 Å². The Balaban J connectivity index is 1.41. The van der Waals surface area contributed by atoms with Gasteiger partial charge in [-0.15, -0.1) is 0 Å². The van der Waals surface area contributed by atoms with Crippen LogP contribution in [0.3, 0.4) is 0 Å². The second kappa shape index (κ2) is 9.26. The highest BCUT2D eigenvalue weighted by molar-refractivity contribution is 6.35. The maximum atomic E-state index is 12.3. The molecular formula is C19H21Cl2N3O3. The Morgan fingerprint density at radius 3 is 2.67 bits per heavy atom. The molecule has 2 heterocycles. The van der Waals surface area contributed by atoms with E-state index in [1.54, 1.807) is 30.5 Å². The first kappa shape index (κ1) is 19.7. The van der Waals surface area contributed by atoms with Gasteiger partial charge in [-0.05, 0) is 56.3 Å². The molecule has 0 atom stereocenters. The molecule has 1 aromatic heterocycles. The minimum atomic E-state index is -0.153. The second-order valence-corrected chi connectivity index (χ2v) is 7.36. The Morgan fingerprint density at radius 1 is 1.19 bits per heavy atom. The van der Waals surface area contributed by atoms with Crippen molar-refractivity contribution < 1.29 is 14.0 Å². The molecule has 3 rings (SSSR count). The number of likely N-dealkylation sites (tertiary alicyclic amines) is 1. The van der Waals surface area contributed by atoms with Crippen molar-refractivity contribution in [3.05, 3.63) is 52.4 Å². The molecule has 0 bridgehead atoms. The summed E-state index contributed by atoms with van der Waals surface area (Å²) in [6, 6.07) is 8.56. The lowest BCUT2D eigenvalue weighted by Gasteiger charge is -2.30. The summed E-state index contributed by atoms with van der Waals surface area (Å²) in [6.45, 7) is 2.03. The summed E-state index contributed by atoms with van der Waals surface area (Å²) >= 11 is 12.0. The average molecular weight is 410 g/mol. The van der Waals surface area contributed by atoms with Gasteiger partial charge in [-0.3, -0.25) is 14.5 Å². The van der Waals surface area contributed by atoms with E-state index in [1.165, 1.54) is 0 Å². The number of hydrogen-bond acceptors (Lipinski definition) is 4. The molecule has 1 fully saturated rings. The van der Waals surface area contributed by atoms with Gasteiger partial charge < -0.3 is 15.1 Å². The lowest BCUT2D eigenvalue weighted by atomic mass is 9.96. The van der Waals surface area contributed by atoms with Gasteiger partial charge in [0.2, 0.25) is 11.8 Å². The Bertz CT molecular complexity index is 788. The lowest BCUT2D eigenvalue weighted by molar-refractivity contribution is -0.126. The summed E-state index contributed by atoms with van der Waals surface area (Å²) in [5.41, 5.74) is 0.501. The summed E-state index contributed by atoms with van der Waals surface area (Å²) < 4.78 is 5.21. The van der Waals surface area contributed by atoms with Crippen LogP contribution in [0.2, 0.25) is 10.0 Å². The quantitative estimate of drug-likeness (QED) is 0.764. The van der Waals surface area contributed by atoms with Crippen molar-refractivity contribution in [2.24, 2.45) is 5.92 Å². The zero-order chi connectivity index (χ0) is 19.2. The largest absolute Gasteiger partial charge is 0.467 e. The first-order valence-corrected chi connectivity index (χ1v) is 9.54. The molecule has 0 spiro atoms. The molecule has 1 aliphatic heterocycles. The zero-order valence-electron chi connectivity index (χ0n) is 14.7. The molecule has 0 saturated carbocycles. The van der Waals surface area contributed by atoms with E-state index in [9.17, 15) is 9.59 Å². The molecule has 1 aromatic carbocycles. The van der Waals surface area contributed by atoms with Crippen molar-refractivity contribution in [3.63, 3.8) is 0 Å². The van der Waals surface area contributed by atoms with Crippen LogP contribution in [0.25, 0.3) is 0 Å². The highest BCUT2D eigenvalue weighted by Gasteiger charge is 2.26. The number of furan rings is 1. The minimum Gasteiger partial charge on any atom is -0.467 e. The standard InChI is InChI=1S/C19H21Cl2N3O3/c20-14-3-4-16(21)17(10-14)23-18(25)12-24-7-5-13(6-8-24)19(26)22-11-15-2-1-9-27-15/h1-4,9-10,13H,5-8,11-12H2,(H,22,26)(H,23,25). The van der Waals surface area contributed by atoms with Gasteiger partial charge in [0.15, 0.2) is 0 Å². The number of anilines is 1. The van der Waals surface area contributed by atoms with E-state index in [2.05, 4.69) is 10.6 Å². The van der Waals surface area contributed by atoms with Gasteiger partial charge in [0.1, 0.15) is 5.76 Å². The van der Waals surface area contributed by atoms with E-state index < -0.39 is 0 Å². The van der Waals surface area contributed by atoms with Crippen LogP contribution in [0.5, 0.6) is 0 Å². The van der Waals surface area contributed by atoms with Crippen molar-refractivity contribution in [2.75, 3.05) is 25.0 Å². The summed E-state index contributed by atoms with van der Waals surface area (Å²) in [7, 11) is 0. The van der Waals surface area contributed by atoms with Crippen LogP contribution in [0, 0.1) is 5.92 Å². The van der Waals surface area contributed by atoms with Crippen LogP contribution < -0.4 is 10.6 Å². The predicted molar refractivity (Wildman–Crippen MR) is 105 cm³/mol. The minimum absolute atomic E-state index is 0.0289. The third-order valence-corrected chi connectivity index (χ3v) is 5.11. The summed E-state index contributed by atoms with van der Waals surface area (Å²) in [5, 5.41) is 6.63. The molecule has 27 heavy (non-hydrogen) atoms. The van der Waals surface area contributed by atoms with Crippen LogP contribution >= 0.6 is 23.2 Å². The molecule has 2 N–H and O–H groups in total. The number of piperidine rings is 1. The van der Waals surface area contributed by atoms with Crippen LogP contribution in [0.15, 0.2) is 41.0 Å². The SMILES string of the molecule is O=C(CN1CCC(C(=O)NCc2ccco2)CC1)Nc1cc(Cl)ccc1Cl. The monoisotopic (exact) mass is 409 g/mol. The highest BCUT2D eigenvalue weighted by Crippen LogP contribution is 2.25. The Hall–Kier alpha value is -2.02. The van der Waals surface area contributed by atoms with E-state index in [1.807, 2.05) is 11.0 Å². The average Bonchev–Trinajstić information content (AvgIpc) is 3.17. The van der Waals surface area contributed by atoms with Crippen molar-refractivity contribution in [3.8, 4) is 0 Å². The molecule has 8 heteroatoms. The van der Waals surface area contributed by atoms with E-state index in [0.29, 0.717) is 35.4 Å². The number of benzene rings is 1. The number of rotatable bonds is 6. The molecule has 0 unspecified atom stereocenters. The van der Waals surface area contributed by atoms with Gasteiger partial charge in [-0.1, -0.05) is 23.2 Å². The van der Waals surface area contributed by atoms with Crippen LogP contribution in [-0.4, -0.2) is 36.3 Å². The summed E-state index contributed by atoms with van der Waals surface area (Å²) in [5.74, 6) is 0.569. The second-order valence-electron chi connectivity index (χ2n) is 6.52. The third kappa shape index (κ3) is 5.73. The van der Waals surface area contributed by atoms with Crippen LogP contribution in [0.4, 0.5) is 5.69 Å². The fourth-order valence-electron chi connectivity index (χ4n) is 3.07. The molecule has 2 aromatic rings. The highest BCUT2D eigenvalue weighted by atomic mass is 35.5. The summed E-state index contributed by atoms with van der Waals surface area (Å²) in [4.78, 5) is 26.5. The van der Waals surface area contributed by atoms with Gasteiger partial charge in [0.25, 0.3) is 0 Å². The molecule has 0 aliphatic carbocycles. The number of carbonyl (C=O) groups excluding carboxylic acids is 2. The fourth-order valence-corrected chi connectivity index (χ4v) is 3.41. The maximum Gasteiger partial charge on any atom is 0.238 e. The van der Waals surface area contributed by atoms with E-state index >= 15 is 0 Å². The number of amides is 2. The molecular weight excluding hydrogens is 389 g/mol. The van der Waals surface area contributed by atoms with Crippen molar-refractivity contribution in [1.29, 1.82) is 0 Å². The summed E-state index contributed by atoms with van der Waals surface area (Å²) in [6.07, 6.45) is 3.02. The Kier molecular flexibility index (Phi) is 6.77. The van der Waals surface area contributed by atoms with Crippen molar-refractivity contribution in [2.45, 2.75) is 19.4 Å². The van der Waals surface area contributed by atoms with Crippen LogP contribution in [0.1, 0.15) is 18.6 Å². The topological polar surface area (TPSA) is 74.6 Å². The van der Waals surface area contributed by atoms with E-state index in [4.69, 9.17) is 27.6 Å². The number of nitrogens with zero attached hydrogens (tertiary/aromatic N) is 1. The fraction of sp³-hybridized carbons (Fsp3) is 0.368. The molecule has 1 saturated heterocycles. The van der Waals surface area contributed by atoms with Gasteiger partial charge in [0, 0.05) is 10.9 Å². The molecule has 2 amide bonds. The molecule has 0 radical (unpaired) electrons. The molecule has 1 aliphatic rings. The Morgan fingerprint density at radius 2 is 1.96 bits per heavy atom.